The zero-order valence-electron chi connectivity index (χ0n) is 12.0. The highest BCUT2D eigenvalue weighted by atomic mass is 35.5. The van der Waals surface area contributed by atoms with E-state index < -0.39 is 0 Å². The molecule has 0 radical (unpaired) electrons. The minimum absolute atomic E-state index is 0.173. The van der Waals surface area contributed by atoms with E-state index in [9.17, 15) is 4.79 Å². The first-order valence-corrected chi connectivity index (χ1v) is 6.85. The van der Waals surface area contributed by atoms with E-state index in [1.54, 1.807) is 18.7 Å². The fraction of sp³-hybridized carbons (Fsp3) is 0.692. The molecule has 5 nitrogen and oxygen atoms in total. The molecule has 1 rings (SSSR count). The first kappa shape index (κ1) is 16.0. The number of carbonyl (C=O) groups excluding carboxylic acids is 1. The van der Waals surface area contributed by atoms with Gasteiger partial charge in [0, 0.05) is 26.8 Å². The molecule has 0 atom stereocenters. The van der Waals surface area contributed by atoms with Crippen LogP contribution in [0.1, 0.15) is 36.3 Å². The van der Waals surface area contributed by atoms with Gasteiger partial charge in [0.15, 0.2) is 0 Å². The fourth-order valence-electron chi connectivity index (χ4n) is 1.78. The van der Waals surface area contributed by atoms with Crippen molar-refractivity contribution in [3.05, 3.63) is 16.4 Å². The van der Waals surface area contributed by atoms with Crippen molar-refractivity contribution in [2.75, 3.05) is 20.3 Å². The molecule has 0 saturated heterocycles. The Labute approximate surface area is 119 Å². The number of halogens is 1. The second-order valence-electron chi connectivity index (χ2n) is 4.93. The Hall–Kier alpha value is -1.07. The standard InChI is InChI=1S/C13H22ClN3O2/c1-9(2)8-17-12(14)11(10(3)16-17)13(18)15-6-5-7-19-4/h9H,5-8H2,1-4H3,(H,15,18). The molecular weight excluding hydrogens is 266 g/mol. The van der Waals surface area contributed by atoms with Crippen LogP contribution in [0, 0.1) is 12.8 Å². The second kappa shape index (κ2) is 7.50. The lowest BCUT2D eigenvalue weighted by molar-refractivity contribution is 0.0948. The van der Waals surface area contributed by atoms with Crippen molar-refractivity contribution in [3.8, 4) is 0 Å². The summed E-state index contributed by atoms with van der Waals surface area (Å²) in [5, 5.41) is 7.55. The molecule has 1 aromatic rings. The molecule has 0 saturated carbocycles. The van der Waals surface area contributed by atoms with Crippen LogP contribution in [0.5, 0.6) is 0 Å². The molecule has 0 fully saturated rings. The van der Waals surface area contributed by atoms with Crippen LogP contribution >= 0.6 is 11.6 Å². The van der Waals surface area contributed by atoms with E-state index >= 15 is 0 Å². The average Bonchev–Trinajstić information content (AvgIpc) is 2.59. The third kappa shape index (κ3) is 4.51. The summed E-state index contributed by atoms with van der Waals surface area (Å²) in [5.41, 5.74) is 1.13. The van der Waals surface area contributed by atoms with Gasteiger partial charge in [-0.3, -0.25) is 9.48 Å². The number of hydrogen-bond acceptors (Lipinski definition) is 3. The molecule has 19 heavy (non-hydrogen) atoms. The summed E-state index contributed by atoms with van der Waals surface area (Å²) in [6.07, 6.45) is 0.777. The average molecular weight is 288 g/mol. The Morgan fingerprint density at radius 1 is 1.53 bits per heavy atom. The van der Waals surface area contributed by atoms with Gasteiger partial charge in [0.1, 0.15) is 5.15 Å². The lowest BCUT2D eigenvalue weighted by Crippen LogP contribution is -2.25. The first-order valence-electron chi connectivity index (χ1n) is 6.47. The molecule has 6 heteroatoms. The highest BCUT2D eigenvalue weighted by molar-refractivity contribution is 6.33. The zero-order chi connectivity index (χ0) is 14.4. The van der Waals surface area contributed by atoms with Gasteiger partial charge in [-0.05, 0) is 19.3 Å². The summed E-state index contributed by atoms with van der Waals surface area (Å²) >= 11 is 6.22. The second-order valence-corrected chi connectivity index (χ2v) is 5.29. The van der Waals surface area contributed by atoms with Crippen LogP contribution in [-0.2, 0) is 11.3 Å². The number of nitrogens with zero attached hydrogens (tertiary/aromatic N) is 2. The summed E-state index contributed by atoms with van der Waals surface area (Å²) in [7, 11) is 1.64. The number of carbonyl (C=O) groups is 1. The van der Waals surface area contributed by atoms with Gasteiger partial charge in [-0.25, -0.2) is 0 Å². The van der Waals surface area contributed by atoms with E-state index in [0.717, 1.165) is 6.42 Å². The maximum atomic E-state index is 12.1. The molecule has 0 aliphatic rings. The summed E-state index contributed by atoms with van der Waals surface area (Å²) < 4.78 is 6.62. The number of aromatic nitrogens is 2. The normalized spacial score (nSPS) is 11.1. The number of aryl methyl sites for hydroxylation is 1. The minimum Gasteiger partial charge on any atom is -0.385 e. The van der Waals surface area contributed by atoms with Gasteiger partial charge in [-0.2, -0.15) is 5.10 Å². The van der Waals surface area contributed by atoms with Crippen LogP contribution in [0.25, 0.3) is 0 Å². The molecule has 1 aromatic heterocycles. The Morgan fingerprint density at radius 3 is 2.79 bits per heavy atom. The zero-order valence-corrected chi connectivity index (χ0v) is 12.8. The largest absolute Gasteiger partial charge is 0.385 e. The monoisotopic (exact) mass is 287 g/mol. The molecule has 0 spiro atoms. The summed E-state index contributed by atoms with van der Waals surface area (Å²) in [5.74, 6) is 0.253. The van der Waals surface area contributed by atoms with Gasteiger partial charge in [0.05, 0.1) is 11.3 Å². The lowest BCUT2D eigenvalue weighted by Gasteiger charge is -2.07. The van der Waals surface area contributed by atoms with Gasteiger partial charge in [0.25, 0.3) is 5.91 Å². The number of methoxy groups -OCH3 is 1. The van der Waals surface area contributed by atoms with E-state index in [2.05, 4.69) is 24.3 Å². The van der Waals surface area contributed by atoms with E-state index in [1.807, 2.05) is 0 Å². The lowest BCUT2D eigenvalue weighted by atomic mass is 10.2. The van der Waals surface area contributed by atoms with Crippen LogP contribution in [0.2, 0.25) is 5.15 Å². The van der Waals surface area contributed by atoms with Crippen molar-refractivity contribution in [2.24, 2.45) is 5.92 Å². The molecule has 0 aliphatic carbocycles. The Balaban J connectivity index is 2.71. The van der Waals surface area contributed by atoms with E-state index in [1.165, 1.54) is 0 Å². The van der Waals surface area contributed by atoms with Crippen LogP contribution < -0.4 is 5.32 Å². The third-order valence-corrected chi connectivity index (χ3v) is 3.03. The number of ether oxygens (including phenoxy) is 1. The van der Waals surface area contributed by atoms with Crippen molar-refractivity contribution in [1.82, 2.24) is 15.1 Å². The highest BCUT2D eigenvalue weighted by Gasteiger charge is 2.20. The van der Waals surface area contributed by atoms with E-state index in [-0.39, 0.29) is 5.91 Å². The molecule has 1 N–H and O–H groups in total. The van der Waals surface area contributed by atoms with Crippen molar-refractivity contribution >= 4 is 17.5 Å². The predicted octanol–water partition coefficient (Wildman–Crippen LogP) is 2.27. The molecule has 1 amide bonds. The van der Waals surface area contributed by atoms with E-state index in [0.29, 0.717) is 42.0 Å². The van der Waals surface area contributed by atoms with Crippen LogP contribution in [-0.4, -0.2) is 35.9 Å². The molecule has 0 bridgehead atoms. The predicted molar refractivity (Wildman–Crippen MR) is 75.6 cm³/mol. The van der Waals surface area contributed by atoms with Crippen LogP contribution in [0.4, 0.5) is 0 Å². The number of nitrogens with one attached hydrogen (secondary N) is 1. The SMILES string of the molecule is COCCCNC(=O)c1c(C)nn(CC(C)C)c1Cl. The smallest absolute Gasteiger partial charge is 0.256 e. The maximum Gasteiger partial charge on any atom is 0.256 e. The highest BCUT2D eigenvalue weighted by Crippen LogP contribution is 2.20. The van der Waals surface area contributed by atoms with Crippen molar-refractivity contribution in [3.63, 3.8) is 0 Å². The van der Waals surface area contributed by atoms with Crippen LogP contribution in [0.3, 0.4) is 0 Å². The molecule has 0 unspecified atom stereocenters. The van der Waals surface area contributed by atoms with Crippen LogP contribution in [0.15, 0.2) is 0 Å². The molecule has 1 heterocycles. The first-order chi connectivity index (χ1) is 8.97. The molecule has 0 aromatic carbocycles. The Morgan fingerprint density at radius 2 is 2.21 bits per heavy atom. The Bertz CT molecular complexity index is 430. The molecular formula is C13H22ClN3O2. The summed E-state index contributed by atoms with van der Waals surface area (Å²) in [4.78, 5) is 12.1. The number of amides is 1. The van der Waals surface area contributed by atoms with Crippen molar-refractivity contribution < 1.29 is 9.53 Å². The third-order valence-electron chi connectivity index (χ3n) is 2.64. The number of rotatable bonds is 7. The van der Waals surface area contributed by atoms with Gasteiger partial charge >= 0.3 is 0 Å². The molecule has 0 aliphatic heterocycles. The van der Waals surface area contributed by atoms with Crippen molar-refractivity contribution in [2.45, 2.75) is 33.7 Å². The van der Waals surface area contributed by atoms with Gasteiger partial charge in [-0.1, -0.05) is 25.4 Å². The minimum atomic E-state index is -0.173. The topological polar surface area (TPSA) is 56.1 Å². The van der Waals surface area contributed by atoms with E-state index in [4.69, 9.17) is 16.3 Å². The summed E-state index contributed by atoms with van der Waals surface area (Å²) in [6.45, 7) is 7.86. The quantitative estimate of drug-likeness (QED) is 0.783. The Kier molecular flexibility index (Phi) is 6.31. The van der Waals surface area contributed by atoms with Gasteiger partial charge in [-0.15, -0.1) is 0 Å². The fourth-order valence-corrected chi connectivity index (χ4v) is 2.11. The number of hydrogen-bond donors (Lipinski definition) is 1. The van der Waals surface area contributed by atoms with Gasteiger partial charge in [0.2, 0.25) is 0 Å². The maximum absolute atomic E-state index is 12.1. The summed E-state index contributed by atoms with van der Waals surface area (Å²) in [6, 6.07) is 0. The van der Waals surface area contributed by atoms with Crippen molar-refractivity contribution in [1.29, 1.82) is 0 Å². The molecule has 108 valence electrons. The van der Waals surface area contributed by atoms with Gasteiger partial charge < -0.3 is 10.1 Å².